The van der Waals surface area contributed by atoms with E-state index >= 15 is 0 Å². The highest BCUT2D eigenvalue weighted by Gasteiger charge is 2.37. The fraction of sp³-hybridized carbons (Fsp3) is 0.550. The van der Waals surface area contributed by atoms with Crippen LogP contribution in [-0.4, -0.2) is 61.5 Å². The number of hydrogen-bond donors (Lipinski definition) is 0. The van der Waals surface area contributed by atoms with Crippen molar-refractivity contribution in [3.63, 3.8) is 0 Å². The molecular formula is C20H26N2O6S. The lowest BCUT2D eigenvalue weighted by molar-refractivity contribution is -0.158. The summed E-state index contributed by atoms with van der Waals surface area (Å²) < 4.78 is 34.2. The molecule has 2 rings (SSSR count). The second-order valence-corrected chi connectivity index (χ2v) is 9.35. The number of ether oxygens (including phenoxy) is 2. The number of carbonyl (C=O) groups excluding carboxylic acids is 2. The number of benzene rings is 1. The van der Waals surface area contributed by atoms with Crippen LogP contribution in [0, 0.1) is 11.3 Å². The zero-order valence-corrected chi connectivity index (χ0v) is 17.6. The SMILES string of the molecule is CC[C@@H](C)N(C(=O)COC(=O)[C@@H](C)Oc1ccc(C#N)cc1)[C@H]1CCS(=O)(=O)C1. The van der Waals surface area contributed by atoms with Gasteiger partial charge in [0.05, 0.1) is 23.1 Å². The van der Waals surface area contributed by atoms with Crippen LogP contribution in [0.4, 0.5) is 0 Å². The van der Waals surface area contributed by atoms with Gasteiger partial charge in [-0.25, -0.2) is 13.2 Å². The van der Waals surface area contributed by atoms with Crippen LogP contribution in [0.25, 0.3) is 0 Å². The van der Waals surface area contributed by atoms with E-state index in [0.29, 0.717) is 24.2 Å². The van der Waals surface area contributed by atoms with E-state index in [1.165, 1.54) is 11.8 Å². The highest BCUT2D eigenvalue weighted by atomic mass is 32.2. The van der Waals surface area contributed by atoms with Gasteiger partial charge in [0, 0.05) is 12.1 Å². The molecular weight excluding hydrogens is 396 g/mol. The Balaban J connectivity index is 1.93. The van der Waals surface area contributed by atoms with Crippen molar-refractivity contribution in [1.82, 2.24) is 4.90 Å². The van der Waals surface area contributed by atoms with Gasteiger partial charge in [0.1, 0.15) is 5.75 Å². The van der Waals surface area contributed by atoms with Crippen molar-refractivity contribution in [2.24, 2.45) is 0 Å². The molecule has 1 aliphatic heterocycles. The molecule has 0 radical (unpaired) electrons. The summed E-state index contributed by atoms with van der Waals surface area (Å²) >= 11 is 0. The van der Waals surface area contributed by atoms with Crippen molar-refractivity contribution in [1.29, 1.82) is 5.26 Å². The largest absolute Gasteiger partial charge is 0.479 e. The molecule has 1 fully saturated rings. The van der Waals surface area contributed by atoms with Crippen LogP contribution in [0.3, 0.4) is 0 Å². The summed E-state index contributed by atoms with van der Waals surface area (Å²) in [5.41, 5.74) is 0.470. The Morgan fingerprint density at radius 1 is 1.28 bits per heavy atom. The third-order valence-electron chi connectivity index (χ3n) is 4.92. The van der Waals surface area contributed by atoms with Gasteiger partial charge < -0.3 is 14.4 Å². The smallest absolute Gasteiger partial charge is 0.347 e. The quantitative estimate of drug-likeness (QED) is 0.586. The number of hydrogen-bond acceptors (Lipinski definition) is 7. The van der Waals surface area contributed by atoms with Crippen molar-refractivity contribution in [3.8, 4) is 11.8 Å². The van der Waals surface area contributed by atoms with E-state index in [1.54, 1.807) is 24.3 Å². The number of rotatable bonds is 8. The third-order valence-corrected chi connectivity index (χ3v) is 6.67. The maximum atomic E-state index is 12.7. The third kappa shape index (κ3) is 6.19. The minimum atomic E-state index is -3.14. The van der Waals surface area contributed by atoms with Gasteiger partial charge in [-0.1, -0.05) is 6.92 Å². The van der Waals surface area contributed by atoms with Gasteiger partial charge in [0.25, 0.3) is 5.91 Å². The topological polar surface area (TPSA) is 114 Å². The van der Waals surface area contributed by atoms with Crippen LogP contribution < -0.4 is 4.74 Å². The molecule has 3 atom stereocenters. The molecule has 1 saturated heterocycles. The van der Waals surface area contributed by atoms with Gasteiger partial charge in [0.15, 0.2) is 22.5 Å². The first kappa shape index (κ1) is 22.7. The number of amides is 1. The van der Waals surface area contributed by atoms with Gasteiger partial charge in [-0.2, -0.15) is 5.26 Å². The van der Waals surface area contributed by atoms with Crippen molar-refractivity contribution in [2.75, 3.05) is 18.1 Å². The molecule has 0 spiro atoms. The van der Waals surface area contributed by atoms with Crippen LogP contribution in [-0.2, 0) is 24.2 Å². The predicted octanol–water partition coefficient (Wildman–Crippen LogP) is 1.68. The highest BCUT2D eigenvalue weighted by molar-refractivity contribution is 7.91. The average molecular weight is 423 g/mol. The summed E-state index contributed by atoms with van der Waals surface area (Å²) in [7, 11) is -3.14. The molecule has 0 saturated carbocycles. The van der Waals surface area contributed by atoms with E-state index in [2.05, 4.69) is 0 Å². The standard InChI is InChI=1S/C20H26N2O6S/c1-4-14(2)22(17-9-10-29(25,26)13-17)19(23)12-27-20(24)15(3)28-18-7-5-16(11-21)6-8-18/h5-8,14-15,17H,4,9-10,12-13H2,1-3H3/t14-,15-,17+/m1/s1. The Morgan fingerprint density at radius 2 is 1.93 bits per heavy atom. The molecule has 8 nitrogen and oxygen atoms in total. The first-order valence-corrected chi connectivity index (χ1v) is 11.3. The van der Waals surface area contributed by atoms with E-state index in [1.807, 2.05) is 19.9 Å². The molecule has 1 aromatic carbocycles. The zero-order chi connectivity index (χ0) is 21.6. The second kappa shape index (κ2) is 9.74. The first-order valence-electron chi connectivity index (χ1n) is 9.52. The van der Waals surface area contributed by atoms with Gasteiger partial charge in [-0.15, -0.1) is 0 Å². The normalized spacial score (nSPS) is 19.6. The lowest BCUT2D eigenvalue weighted by Gasteiger charge is -2.33. The Hall–Kier alpha value is -2.60. The monoisotopic (exact) mass is 422 g/mol. The van der Waals surface area contributed by atoms with Gasteiger partial charge in [-0.3, -0.25) is 4.79 Å². The first-order chi connectivity index (χ1) is 13.7. The summed E-state index contributed by atoms with van der Waals surface area (Å²) in [6.45, 7) is 4.79. The maximum Gasteiger partial charge on any atom is 0.347 e. The van der Waals surface area contributed by atoms with Crippen molar-refractivity contribution >= 4 is 21.7 Å². The fourth-order valence-electron chi connectivity index (χ4n) is 3.19. The molecule has 0 bridgehead atoms. The predicted molar refractivity (Wildman–Crippen MR) is 106 cm³/mol. The lowest BCUT2D eigenvalue weighted by Crippen LogP contribution is -2.48. The lowest BCUT2D eigenvalue weighted by atomic mass is 10.1. The van der Waals surface area contributed by atoms with Gasteiger partial charge >= 0.3 is 5.97 Å². The van der Waals surface area contributed by atoms with E-state index in [9.17, 15) is 18.0 Å². The van der Waals surface area contributed by atoms with Crippen molar-refractivity contribution in [3.05, 3.63) is 29.8 Å². The summed E-state index contributed by atoms with van der Waals surface area (Å²) in [6, 6.07) is 7.70. The maximum absolute atomic E-state index is 12.7. The van der Waals surface area contributed by atoms with E-state index < -0.39 is 40.5 Å². The van der Waals surface area contributed by atoms with Crippen molar-refractivity contribution < 1.29 is 27.5 Å². The molecule has 1 heterocycles. The van der Waals surface area contributed by atoms with Crippen LogP contribution in [0.2, 0.25) is 0 Å². The fourth-order valence-corrected chi connectivity index (χ4v) is 4.90. The summed E-state index contributed by atoms with van der Waals surface area (Å²) in [4.78, 5) is 26.4. The molecule has 0 unspecified atom stereocenters. The molecule has 158 valence electrons. The average Bonchev–Trinajstić information content (AvgIpc) is 3.05. The van der Waals surface area contributed by atoms with Crippen LogP contribution >= 0.6 is 0 Å². The number of esters is 1. The van der Waals surface area contributed by atoms with E-state index in [0.717, 1.165) is 0 Å². The highest BCUT2D eigenvalue weighted by Crippen LogP contribution is 2.21. The number of nitrogens with zero attached hydrogens (tertiary/aromatic N) is 2. The van der Waals surface area contributed by atoms with E-state index in [4.69, 9.17) is 14.7 Å². The molecule has 0 aliphatic carbocycles. The van der Waals surface area contributed by atoms with Crippen molar-refractivity contribution in [2.45, 2.75) is 51.8 Å². The van der Waals surface area contributed by atoms with Crippen LogP contribution in [0.5, 0.6) is 5.75 Å². The van der Waals surface area contributed by atoms with E-state index in [-0.39, 0.29) is 17.5 Å². The van der Waals surface area contributed by atoms with Crippen LogP contribution in [0.1, 0.15) is 39.2 Å². The van der Waals surface area contributed by atoms with Crippen LogP contribution in [0.15, 0.2) is 24.3 Å². The molecule has 0 N–H and O–H groups in total. The number of nitriles is 1. The van der Waals surface area contributed by atoms with Gasteiger partial charge in [-0.05, 0) is 51.0 Å². The Kier molecular flexibility index (Phi) is 7.62. The minimum Gasteiger partial charge on any atom is -0.479 e. The Bertz CT molecular complexity index is 875. The number of carbonyl (C=O) groups is 2. The molecule has 1 aliphatic rings. The summed E-state index contributed by atoms with van der Waals surface area (Å²) in [5.74, 6) is -0.717. The van der Waals surface area contributed by atoms with Gasteiger partial charge in [0.2, 0.25) is 0 Å². The zero-order valence-electron chi connectivity index (χ0n) is 16.8. The summed E-state index contributed by atoms with van der Waals surface area (Å²) in [5, 5.41) is 8.80. The molecule has 29 heavy (non-hydrogen) atoms. The second-order valence-electron chi connectivity index (χ2n) is 7.12. The molecule has 0 aromatic heterocycles. The molecule has 1 amide bonds. The number of sulfone groups is 1. The molecule has 9 heteroatoms. The molecule has 1 aromatic rings. The Morgan fingerprint density at radius 3 is 2.45 bits per heavy atom. The Labute approximate surface area is 171 Å². The summed E-state index contributed by atoms with van der Waals surface area (Å²) in [6.07, 6.45) is 0.110. The minimum absolute atomic E-state index is 0.0603.